The van der Waals surface area contributed by atoms with E-state index in [2.05, 4.69) is 5.10 Å². The molecule has 0 aliphatic carbocycles. The van der Waals surface area contributed by atoms with E-state index >= 15 is 0 Å². The summed E-state index contributed by atoms with van der Waals surface area (Å²) in [5.41, 5.74) is 1.94. The fourth-order valence-electron chi connectivity index (χ4n) is 3.20. The fourth-order valence-corrected chi connectivity index (χ4v) is 3.33. The Morgan fingerprint density at radius 3 is 2.27 bits per heavy atom. The Morgan fingerprint density at radius 2 is 1.69 bits per heavy atom. The molecule has 0 saturated heterocycles. The molecule has 2 aromatic carbocycles. The maximum atomic E-state index is 13.1. The van der Waals surface area contributed by atoms with Gasteiger partial charge in [0, 0.05) is 16.7 Å². The summed E-state index contributed by atoms with van der Waals surface area (Å²) in [5.74, 6) is -2.52. The zero-order chi connectivity index (χ0) is 18.7. The smallest absolute Gasteiger partial charge is 0.256 e. The van der Waals surface area contributed by atoms with Crippen molar-refractivity contribution in [2.45, 2.75) is 12.8 Å². The van der Waals surface area contributed by atoms with Gasteiger partial charge in [0.1, 0.15) is 5.92 Å². The Morgan fingerprint density at radius 1 is 1.08 bits per heavy atom. The van der Waals surface area contributed by atoms with Crippen LogP contribution in [0.15, 0.2) is 59.7 Å². The average molecular weight is 363 g/mol. The predicted octanol–water partition coefficient (Wildman–Crippen LogP) is 4.13. The van der Waals surface area contributed by atoms with Crippen LogP contribution < -0.4 is 5.01 Å². The number of nitriles is 2. The number of amides is 1. The third kappa shape index (κ3) is 3.18. The molecule has 0 unspecified atom stereocenters. The van der Waals surface area contributed by atoms with Crippen molar-refractivity contribution in [3.8, 4) is 12.1 Å². The molecule has 0 saturated carbocycles. The monoisotopic (exact) mass is 362 g/mol. The fraction of sp³-hybridized carbons (Fsp3) is 0.200. The number of carbonyl (C=O) groups is 1. The van der Waals surface area contributed by atoms with Gasteiger partial charge < -0.3 is 0 Å². The van der Waals surface area contributed by atoms with E-state index in [0.717, 1.165) is 0 Å². The number of halogens is 1. The Labute approximate surface area is 156 Å². The topological polar surface area (TPSA) is 80.2 Å². The molecule has 0 spiro atoms. The molecular formula is C20H15ClN4O. The van der Waals surface area contributed by atoms with Crippen LogP contribution in [0.1, 0.15) is 18.4 Å². The highest BCUT2D eigenvalue weighted by Gasteiger charge is 2.44. The summed E-state index contributed by atoms with van der Waals surface area (Å²) in [7, 11) is 0. The highest BCUT2D eigenvalue weighted by molar-refractivity contribution is 6.30. The first-order valence-electron chi connectivity index (χ1n) is 8.05. The molecule has 2 aromatic rings. The quantitative estimate of drug-likeness (QED) is 0.820. The van der Waals surface area contributed by atoms with Crippen LogP contribution in [-0.2, 0) is 4.79 Å². The molecule has 6 heteroatoms. The third-order valence-corrected chi connectivity index (χ3v) is 4.69. The molecule has 0 N–H and O–H groups in total. The average Bonchev–Trinajstić information content (AvgIpc) is 2.96. The second-order valence-corrected chi connectivity index (χ2v) is 6.45. The Hall–Kier alpha value is -3.15. The first-order chi connectivity index (χ1) is 12.6. The van der Waals surface area contributed by atoms with Crippen LogP contribution in [0.2, 0.25) is 5.02 Å². The number of hydrazone groups is 1. The Balaban J connectivity index is 2.04. The standard InChI is InChI=1S/C20H15ClN4O/c1-13-18(20(26)25(24-13)17-5-3-2-4-6-17)19(15(11-22)12-23)14-7-9-16(21)10-8-14/h2-10,15,18-19H,1H3/t18-,19+/m1/s1. The van der Waals surface area contributed by atoms with Crippen LogP contribution in [0.3, 0.4) is 0 Å². The summed E-state index contributed by atoms with van der Waals surface area (Å²) >= 11 is 5.95. The van der Waals surface area contributed by atoms with Crippen molar-refractivity contribution in [3.05, 3.63) is 65.2 Å². The SMILES string of the molecule is CC1=NN(c2ccccc2)C(=O)[C@H]1[C@@H](c1ccc(Cl)cc1)C(C#N)C#N. The van der Waals surface area contributed by atoms with Gasteiger partial charge in [0.25, 0.3) is 5.91 Å². The number of rotatable bonds is 4. The van der Waals surface area contributed by atoms with Gasteiger partial charge in [-0.2, -0.15) is 15.6 Å². The number of hydrogen-bond donors (Lipinski definition) is 0. The van der Waals surface area contributed by atoms with Crippen molar-refractivity contribution >= 4 is 28.9 Å². The first-order valence-corrected chi connectivity index (χ1v) is 8.43. The minimum absolute atomic E-state index is 0.246. The minimum atomic E-state index is -0.981. The van der Waals surface area contributed by atoms with Gasteiger partial charge in [-0.05, 0) is 36.8 Å². The number of nitrogens with zero attached hydrogens (tertiary/aromatic N) is 4. The lowest BCUT2D eigenvalue weighted by Gasteiger charge is -2.24. The van der Waals surface area contributed by atoms with E-state index in [1.54, 1.807) is 43.3 Å². The first kappa shape index (κ1) is 17.7. The van der Waals surface area contributed by atoms with Crippen molar-refractivity contribution in [3.63, 3.8) is 0 Å². The minimum Gasteiger partial charge on any atom is -0.272 e. The van der Waals surface area contributed by atoms with Crippen LogP contribution in [-0.4, -0.2) is 11.6 Å². The number of hydrogen-bond acceptors (Lipinski definition) is 4. The number of para-hydroxylation sites is 1. The molecular weight excluding hydrogens is 348 g/mol. The van der Waals surface area contributed by atoms with Crippen molar-refractivity contribution in [1.29, 1.82) is 10.5 Å². The summed E-state index contributed by atoms with van der Waals surface area (Å²) in [6.07, 6.45) is 0. The molecule has 1 heterocycles. The molecule has 1 aliphatic rings. The Kier molecular flexibility index (Phi) is 5.02. The summed E-state index contributed by atoms with van der Waals surface area (Å²) in [6, 6.07) is 20.0. The lowest BCUT2D eigenvalue weighted by molar-refractivity contribution is -0.120. The number of carbonyl (C=O) groups excluding carboxylic acids is 1. The van der Waals surface area contributed by atoms with Crippen molar-refractivity contribution < 1.29 is 4.79 Å². The lowest BCUT2D eigenvalue weighted by Crippen LogP contribution is -2.34. The van der Waals surface area contributed by atoms with Crippen LogP contribution in [0.5, 0.6) is 0 Å². The van der Waals surface area contributed by atoms with Gasteiger partial charge in [-0.25, -0.2) is 5.01 Å². The van der Waals surface area contributed by atoms with E-state index in [0.29, 0.717) is 22.0 Å². The van der Waals surface area contributed by atoms with Gasteiger partial charge in [0.2, 0.25) is 0 Å². The van der Waals surface area contributed by atoms with E-state index in [9.17, 15) is 15.3 Å². The van der Waals surface area contributed by atoms with Crippen molar-refractivity contribution in [2.75, 3.05) is 5.01 Å². The highest BCUT2D eigenvalue weighted by Crippen LogP contribution is 2.38. The van der Waals surface area contributed by atoms with Gasteiger partial charge in [-0.15, -0.1) is 0 Å². The van der Waals surface area contributed by atoms with Crippen molar-refractivity contribution in [2.24, 2.45) is 16.9 Å². The van der Waals surface area contributed by atoms with Gasteiger partial charge >= 0.3 is 0 Å². The van der Waals surface area contributed by atoms with Crippen molar-refractivity contribution in [1.82, 2.24) is 0 Å². The van der Waals surface area contributed by atoms with E-state index in [1.807, 2.05) is 30.3 Å². The third-order valence-electron chi connectivity index (χ3n) is 4.43. The summed E-state index contributed by atoms with van der Waals surface area (Å²) in [5, 5.41) is 25.2. The van der Waals surface area contributed by atoms with Crippen LogP contribution in [0.25, 0.3) is 0 Å². The van der Waals surface area contributed by atoms with Gasteiger partial charge in [0.15, 0.2) is 0 Å². The van der Waals surface area contributed by atoms with E-state index in [-0.39, 0.29) is 5.91 Å². The molecule has 0 fully saturated rings. The second-order valence-electron chi connectivity index (χ2n) is 6.02. The zero-order valence-electron chi connectivity index (χ0n) is 14.0. The normalized spacial score (nSPS) is 17.6. The number of anilines is 1. The molecule has 0 radical (unpaired) electrons. The summed E-state index contributed by atoms with van der Waals surface area (Å²) in [4.78, 5) is 13.1. The maximum absolute atomic E-state index is 13.1. The molecule has 0 aromatic heterocycles. The number of benzene rings is 2. The van der Waals surface area contributed by atoms with Crippen LogP contribution in [0, 0.1) is 34.5 Å². The molecule has 128 valence electrons. The lowest BCUT2D eigenvalue weighted by atomic mass is 9.76. The van der Waals surface area contributed by atoms with Gasteiger partial charge in [0.05, 0.1) is 23.7 Å². The summed E-state index contributed by atoms with van der Waals surface area (Å²) < 4.78 is 0. The summed E-state index contributed by atoms with van der Waals surface area (Å²) in [6.45, 7) is 1.75. The van der Waals surface area contributed by atoms with E-state index in [1.165, 1.54) is 5.01 Å². The largest absolute Gasteiger partial charge is 0.272 e. The molecule has 1 aliphatic heterocycles. The highest BCUT2D eigenvalue weighted by atomic mass is 35.5. The molecule has 26 heavy (non-hydrogen) atoms. The van der Waals surface area contributed by atoms with E-state index < -0.39 is 17.8 Å². The van der Waals surface area contributed by atoms with Crippen LogP contribution in [0.4, 0.5) is 5.69 Å². The Bertz CT molecular complexity index is 911. The van der Waals surface area contributed by atoms with Gasteiger partial charge in [-0.1, -0.05) is 41.9 Å². The van der Waals surface area contributed by atoms with Gasteiger partial charge in [-0.3, -0.25) is 4.79 Å². The molecule has 2 atom stereocenters. The van der Waals surface area contributed by atoms with E-state index in [4.69, 9.17) is 11.6 Å². The van der Waals surface area contributed by atoms with Crippen LogP contribution >= 0.6 is 11.6 Å². The molecule has 0 bridgehead atoms. The predicted molar refractivity (Wildman–Crippen MR) is 99.4 cm³/mol. The molecule has 1 amide bonds. The molecule has 5 nitrogen and oxygen atoms in total. The maximum Gasteiger partial charge on any atom is 0.256 e. The zero-order valence-corrected chi connectivity index (χ0v) is 14.8. The second kappa shape index (κ2) is 7.39. The molecule has 3 rings (SSSR count).